The van der Waals surface area contributed by atoms with Crippen LogP contribution in [0.3, 0.4) is 0 Å². The number of amides is 1. The third kappa shape index (κ3) is 1.19. The van der Waals surface area contributed by atoms with Crippen LogP contribution in [0.2, 0.25) is 0 Å². The molecule has 0 N–H and O–H groups in total. The summed E-state index contributed by atoms with van der Waals surface area (Å²) in [4.78, 5) is 20.6. The van der Waals surface area contributed by atoms with Gasteiger partial charge in [0.25, 0.3) is 11.9 Å². The Morgan fingerprint density at radius 1 is 1.53 bits per heavy atom. The van der Waals surface area contributed by atoms with E-state index in [2.05, 4.69) is 15.1 Å². The van der Waals surface area contributed by atoms with Crippen molar-refractivity contribution in [2.45, 2.75) is 6.54 Å². The van der Waals surface area contributed by atoms with Crippen molar-refractivity contribution in [2.24, 2.45) is 10.1 Å². The number of carboxylic acid groups (broad SMARTS) is 1. The maximum absolute atomic E-state index is 11.6. The molecule has 7 nitrogen and oxygen atoms in total. The Bertz CT molecular complexity index is 759. The minimum Gasteiger partial charge on any atom is -0.496 e. The number of carbonyl (C=O) groups excluding carboxylic acids is 1. The highest BCUT2D eigenvalue weighted by molar-refractivity contribution is 7.12. The average Bonchev–Trinajstić information content (AvgIpc) is 3.07. The molecule has 2 aliphatic rings. The lowest BCUT2D eigenvalue weighted by Crippen LogP contribution is -2.56. The summed E-state index contributed by atoms with van der Waals surface area (Å²) in [6.45, 7) is 0.138. The van der Waals surface area contributed by atoms with Gasteiger partial charge in [-0.3, -0.25) is 4.57 Å². The van der Waals surface area contributed by atoms with E-state index >= 15 is 0 Å². The van der Waals surface area contributed by atoms with Gasteiger partial charge in [0, 0.05) is 0 Å². The van der Waals surface area contributed by atoms with Crippen molar-refractivity contribution in [2.75, 3.05) is 0 Å². The number of carbonyl (C=O) groups is 1. The molecule has 4 heterocycles. The minimum atomic E-state index is -1.29. The molecule has 0 fully saturated rings. The van der Waals surface area contributed by atoms with Crippen LogP contribution < -0.4 is 5.11 Å². The van der Waals surface area contributed by atoms with Crippen molar-refractivity contribution in [3.63, 3.8) is 0 Å². The van der Waals surface area contributed by atoms with Crippen LogP contribution in [0.5, 0.6) is 0 Å². The molecule has 1 amide bonds. The number of fused-ring (bicyclic) bond motifs is 5. The van der Waals surface area contributed by atoms with E-state index in [4.69, 9.17) is 0 Å². The number of rotatable bonds is 0. The number of aromatic nitrogens is 2. The van der Waals surface area contributed by atoms with Gasteiger partial charge in [-0.2, -0.15) is 4.99 Å². The molecule has 0 saturated heterocycles. The Morgan fingerprint density at radius 3 is 3.26 bits per heavy atom. The van der Waals surface area contributed by atoms with Crippen molar-refractivity contribution in [3.8, 4) is 5.69 Å². The molecule has 0 aromatic carbocycles. The van der Waals surface area contributed by atoms with E-state index in [1.54, 1.807) is 12.5 Å². The lowest BCUT2D eigenvalue weighted by Gasteiger charge is -2.26. The molecule has 2 aromatic rings. The fourth-order valence-electron chi connectivity index (χ4n) is 2.41. The van der Waals surface area contributed by atoms with Gasteiger partial charge in [0.15, 0.2) is 12.9 Å². The Kier molecular flexibility index (Phi) is 1.88. The summed E-state index contributed by atoms with van der Waals surface area (Å²) in [5.74, 6) is 0.397. The SMILES string of the molecule is O=C([O-])[N+]12Cc3cncn3-c3ccsc3C1=NC=N2. The first-order valence-corrected chi connectivity index (χ1v) is 6.42. The highest BCUT2D eigenvalue weighted by Gasteiger charge is 2.46. The zero-order chi connectivity index (χ0) is 13.0. The van der Waals surface area contributed by atoms with Gasteiger partial charge < -0.3 is 9.90 Å². The van der Waals surface area contributed by atoms with Gasteiger partial charge in [0.05, 0.1) is 18.2 Å². The maximum atomic E-state index is 11.6. The van der Waals surface area contributed by atoms with Crippen LogP contribution in [-0.4, -0.2) is 32.4 Å². The van der Waals surface area contributed by atoms with Crippen LogP contribution in [0.1, 0.15) is 10.6 Å². The molecular weight excluding hydrogens is 266 g/mol. The molecule has 8 heteroatoms. The summed E-state index contributed by atoms with van der Waals surface area (Å²) >= 11 is 1.43. The van der Waals surface area contributed by atoms with E-state index in [0.717, 1.165) is 16.3 Å². The Morgan fingerprint density at radius 2 is 2.42 bits per heavy atom. The van der Waals surface area contributed by atoms with Crippen LogP contribution in [0.25, 0.3) is 5.69 Å². The van der Waals surface area contributed by atoms with Crippen LogP contribution >= 0.6 is 11.3 Å². The summed E-state index contributed by atoms with van der Waals surface area (Å²) in [6.07, 6.45) is 3.29. The number of quaternary nitrogens is 1. The first kappa shape index (κ1) is 10.6. The van der Waals surface area contributed by atoms with E-state index in [1.165, 1.54) is 17.7 Å². The largest absolute Gasteiger partial charge is 0.496 e. The summed E-state index contributed by atoms with van der Waals surface area (Å²) in [6, 6.07) is 1.92. The summed E-state index contributed by atoms with van der Waals surface area (Å²) < 4.78 is 1.21. The second-order valence-electron chi connectivity index (χ2n) is 4.27. The molecule has 0 spiro atoms. The first-order chi connectivity index (χ1) is 9.22. The Balaban J connectivity index is 2.08. The van der Waals surface area contributed by atoms with Gasteiger partial charge in [0.2, 0.25) is 0 Å². The van der Waals surface area contributed by atoms with Gasteiger partial charge in [-0.15, -0.1) is 11.3 Å². The van der Waals surface area contributed by atoms with Gasteiger partial charge in [-0.1, -0.05) is 9.69 Å². The predicted octanol–water partition coefficient (Wildman–Crippen LogP) is 0.311. The van der Waals surface area contributed by atoms with E-state index < -0.39 is 10.7 Å². The number of hydrogen-bond donors (Lipinski definition) is 0. The summed E-state index contributed by atoms with van der Waals surface area (Å²) in [5.41, 5.74) is 1.64. The van der Waals surface area contributed by atoms with Crippen molar-refractivity contribution < 1.29 is 14.5 Å². The van der Waals surface area contributed by atoms with Crippen molar-refractivity contribution in [1.82, 2.24) is 9.55 Å². The van der Waals surface area contributed by atoms with E-state index in [9.17, 15) is 9.90 Å². The highest BCUT2D eigenvalue weighted by Crippen LogP contribution is 2.34. The molecule has 0 radical (unpaired) electrons. The van der Waals surface area contributed by atoms with Crippen LogP contribution in [0.4, 0.5) is 4.79 Å². The van der Waals surface area contributed by atoms with E-state index in [0.29, 0.717) is 5.84 Å². The Labute approximate surface area is 111 Å². The topological polar surface area (TPSA) is 82.7 Å². The zero-order valence-corrected chi connectivity index (χ0v) is 10.4. The molecular formula is C11H7N5O2S. The van der Waals surface area contributed by atoms with Crippen LogP contribution in [0.15, 0.2) is 34.1 Å². The molecule has 94 valence electrons. The average molecular weight is 273 g/mol. The molecule has 2 aliphatic heterocycles. The van der Waals surface area contributed by atoms with Gasteiger partial charge >= 0.3 is 0 Å². The van der Waals surface area contributed by atoms with Crippen molar-refractivity contribution in [1.29, 1.82) is 0 Å². The standard InChI is InChI=1S/C11H7N5O2S/c17-11(18)16-4-7-3-12-6-15(7)8-1-2-19-9(8)10(16)13-5-14-16/h1-3,5-6H,4H2. The summed E-state index contributed by atoms with van der Waals surface area (Å²) in [7, 11) is 0. The maximum Gasteiger partial charge on any atom is 0.292 e. The zero-order valence-electron chi connectivity index (χ0n) is 9.55. The molecule has 2 aromatic heterocycles. The summed E-state index contributed by atoms with van der Waals surface area (Å²) in [5, 5.41) is 17.5. The number of amidine groups is 1. The van der Waals surface area contributed by atoms with Crippen molar-refractivity contribution in [3.05, 3.63) is 34.5 Å². The quantitative estimate of drug-likeness (QED) is 0.648. The van der Waals surface area contributed by atoms with E-state index in [-0.39, 0.29) is 6.54 Å². The number of hydrogen-bond acceptors (Lipinski definition) is 6. The highest BCUT2D eigenvalue weighted by atomic mass is 32.1. The van der Waals surface area contributed by atoms with E-state index in [1.807, 2.05) is 16.0 Å². The molecule has 19 heavy (non-hydrogen) atoms. The normalized spacial score (nSPS) is 23.3. The van der Waals surface area contributed by atoms with Crippen LogP contribution in [-0.2, 0) is 6.54 Å². The predicted molar refractivity (Wildman–Crippen MR) is 65.8 cm³/mol. The second-order valence-corrected chi connectivity index (χ2v) is 5.18. The second kappa shape index (κ2) is 3.37. The number of nitrogens with zero attached hydrogens (tertiary/aromatic N) is 5. The molecule has 0 bridgehead atoms. The number of thiophene rings is 1. The lowest BCUT2D eigenvalue weighted by atomic mass is 10.3. The Hall–Kier alpha value is -2.32. The fraction of sp³-hybridized carbons (Fsp3) is 0.0909. The van der Waals surface area contributed by atoms with Gasteiger partial charge in [-0.05, 0) is 11.4 Å². The number of aliphatic imine (C=N–C) groups is 1. The third-order valence-electron chi connectivity index (χ3n) is 3.29. The molecule has 1 unspecified atom stereocenters. The first-order valence-electron chi connectivity index (χ1n) is 5.54. The lowest BCUT2D eigenvalue weighted by molar-refractivity contribution is -0.807. The van der Waals surface area contributed by atoms with Crippen molar-refractivity contribution >= 4 is 29.6 Å². The molecule has 0 aliphatic carbocycles. The minimum absolute atomic E-state index is 0.138. The third-order valence-corrected chi connectivity index (χ3v) is 4.19. The molecule has 4 rings (SSSR count). The smallest absolute Gasteiger partial charge is 0.292 e. The fourth-order valence-corrected chi connectivity index (χ4v) is 3.34. The molecule has 0 saturated carbocycles. The van der Waals surface area contributed by atoms with Gasteiger partial charge in [-0.25, -0.2) is 4.98 Å². The van der Waals surface area contributed by atoms with Crippen LogP contribution in [0, 0.1) is 0 Å². The monoisotopic (exact) mass is 273 g/mol. The van der Waals surface area contributed by atoms with Gasteiger partial charge in [0.1, 0.15) is 10.6 Å². The molecule has 1 atom stereocenters. The number of imidazole rings is 1.